The third-order valence-corrected chi connectivity index (χ3v) is 3.23. The average Bonchev–Trinajstić information content (AvgIpc) is 2.34. The van der Waals surface area contributed by atoms with Gasteiger partial charge in [-0.25, -0.2) is 8.93 Å². The second-order valence-corrected chi connectivity index (χ2v) is 3.89. The highest BCUT2D eigenvalue weighted by Gasteiger charge is 2.18. The Labute approximate surface area is 68.2 Å². The lowest BCUT2D eigenvalue weighted by Crippen LogP contribution is -2.06. The van der Waals surface area contributed by atoms with Crippen molar-refractivity contribution < 1.29 is 4.21 Å². The molecule has 1 aromatic rings. The maximum atomic E-state index is 11.3. The molecule has 0 spiro atoms. The zero-order valence-corrected chi connectivity index (χ0v) is 7.07. The van der Waals surface area contributed by atoms with E-state index in [1.807, 2.05) is 25.1 Å². The highest BCUT2D eigenvalue weighted by molar-refractivity contribution is 7.83. The highest BCUT2D eigenvalue weighted by atomic mass is 32.2. The summed E-state index contributed by atoms with van der Waals surface area (Å²) in [5.41, 5.74) is 2.29. The van der Waals surface area contributed by atoms with E-state index in [-0.39, 0.29) is 0 Å². The summed E-state index contributed by atoms with van der Waals surface area (Å²) < 4.78 is 14.2. The zero-order valence-electron chi connectivity index (χ0n) is 6.26. The van der Waals surface area contributed by atoms with E-state index >= 15 is 0 Å². The van der Waals surface area contributed by atoms with Gasteiger partial charge in [-0.05, 0) is 18.1 Å². The van der Waals surface area contributed by atoms with Crippen LogP contribution in [0.3, 0.4) is 0 Å². The minimum atomic E-state index is -0.959. The number of rotatable bonds is 0. The molecule has 11 heavy (non-hydrogen) atoms. The Morgan fingerprint density at radius 1 is 1.55 bits per heavy atom. The molecule has 2 rings (SSSR count). The van der Waals surface area contributed by atoms with Gasteiger partial charge in [0.05, 0.1) is 4.90 Å². The molecule has 0 amide bonds. The molecule has 1 atom stereocenters. The number of aryl methyl sites for hydroxylation is 1. The smallest absolute Gasteiger partial charge is 0.125 e. The molecule has 1 unspecified atom stereocenters. The van der Waals surface area contributed by atoms with Crippen LogP contribution in [0.5, 0.6) is 0 Å². The first kappa shape index (κ1) is 7.00. The molecule has 0 aliphatic carbocycles. The molecule has 1 aliphatic heterocycles. The molecule has 1 N–H and O–H groups in total. The highest BCUT2D eigenvalue weighted by Crippen LogP contribution is 2.22. The van der Waals surface area contributed by atoms with Gasteiger partial charge in [0.15, 0.2) is 0 Å². The van der Waals surface area contributed by atoms with Crippen LogP contribution in [0.15, 0.2) is 23.1 Å². The van der Waals surface area contributed by atoms with Crippen LogP contribution in [0, 0.1) is 6.92 Å². The molecule has 1 aromatic carbocycles. The summed E-state index contributed by atoms with van der Waals surface area (Å²) in [4.78, 5) is 0.979. The minimum Gasteiger partial charge on any atom is -0.237 e. The average molecular weight is 167 g/mol. The Bertz CT molecular complexity index is 322. The molecule has 0 saturated carbocycles. The van der Waals surface area contributed by atoms with Crippen molar-refractivity contribution in [3.05, 3.63) is 29.3 Å². The number of hydrogen-bond donors (Lipinski definition) is 1. The third-order valence-electron chi connectivity index (χ3n) is 1.87. The second kappa shape index (κ2) is 2.43. The topological polar surface area (TPSA) is 29.1 Å². The van der Waals surface area contributed by atoms with Gasteiger partial charge >= 0.3 is 0 Å². The maximum absolute atomic E-state index is 11.3. The van der Waals surface area contributed by atoms with Crippen LogP contribution in [0.25, 0.3) is 0 Å². The van der Waals surface area contributed by atoms with Crippen LogP contribution in [0.4, 0.5) is 0 Å². The predicted molar refractivity (Wildman–Crippen MR) is 44.4 cm³/mol. The summed E-state index contributed by atoms with van der Waals surface area (Å²) in [6.45, 7) is 2.73. The Kier molecular flexibility index (Phi) is 1.55. The number of benzene rings is 1. The van der Waals surface area contributed by atoms with Crippen molar-refractivity contribution in [3.8, 4) is 0 Å². The van der Waals surface area contributed by atoms with Gasteiger partial charge in [0, 0.05) is 6.54 Å². The largest absolute Gasteiger partial charge is 0.237 e. The fraction of sp³-hybridized carbons (Fsp3) is 0.250. The summed E-state index contributed by atoms with van der Waals surface area (Å²) >= 11 is 0. The standard InChI is InChI=1S/C8H9NOS/c1-6-3-2-4-7-5-9-11(10)8(6)7/h2-4,9H,5H2,1H3. The fourth-order valence-corrected chi connectivity index (χ4v) is 2.50. The van der Waals surface area contributed by atoms with Gasteiger partial charge in [0.1, 0.15) is 11.0 Å². The molecule has 3 heteroatoms. The van der Waals surface area contributed by atoms with Crippen molar-refractivity contribution in [2.75, 3.05) is 0 Å². The molecular weight excluding hydrogens is 158 g/mol. The molecule has 1 aliphatic rings. The van der Waals surface area contributed by atoms with E-state index in [9.17, 15) is 4.21 Å². The summed E-state index contributed by atoms with van der Waals surface area (Å²) in [5, 5.41) is 0. The van der Waals surface area contributed by atoms with E-state index in [0.717, 1.165) is 17.0 Å². The van der Waals surface area contributed by atoms with Gasteiger partial charge in [-0.2, -0.15) is 0 Å². The van der Waals surface area contributed by atoms with E-state index in [2.05, 4.69) is 4.72 Å². The molecule has 1 heterocycles. The lowest BCUT2D eigenvalue weighted by molar-refractivity contribution is 0.678. The van der Waals surface area contributed by atoms with Crippen molar-refractivity contribution in [1.82, 2.24) is 4.72 Å². The van der Waals surface area contributed by atoms with Gasteiger partial charge < -0.3 is 0 Å². The Balaban J connectivity index is 2.68. The number of hydrogen-bond acceptors (Lipinski definition) is 1. The van der Waals surface area contributed by atoms with Crippen LogP contribution >= 0.6 is 0 Å². The Morgan fingerprint density at radius 2 is 2.36 bits per heavy atom. The van der Waals surface area contributed by atoms with Gasteiger partial charge in [0.2, 0.25) is 0 Å². The van der Waals surface area contributed by atoms with Crippen molar-refractivity contribution >= 4 is 11.0 Å². The van der Waals surface area contributed by atoms with Crippen molar-refractivity contribution in [3.63, 3.8) is 0 Å². The quantitative estimate of drug-likeness (QED) is 0.616. The molecule has 0 saturated heterocycles. The van der Waals surface area contributed by atoms with Crippen molar-refractivity contribution in [2.45, 2.75) is 18.4 Å². The molecule has 2 nitrogen and oxygen atoms in total. The maximum Gasteiger partial charge on any atom is 0.125 e. The van der Waals surface area contributed by atoms with Crippen LogP contribution in [-0.4, -0.2) is 4.21 Å². The fourth-order valence-electron chi connectivity index (χ4n) is 1.33. The van der Waals surface area contributed by atoms with E-state index in [4.69, 9.17) is 0 Å². The Hall–Kier alpha value is -0.670. The van der Waals surface area contributed by atoms with Gasteiger partial charge in [0.25, 0.3) is 0 Å². The molecule has 0 aromatic heterocycles. The SMILES string of the molecule is Cc1cccc2c1S(=O)NC2. The summed E-state index contributed by atoms with van der Waals surface area (Å²) in [6, 6.07) is 6.00. The molecular formula is C8H9NOS. The van der Waals surface area contributed by atoms with E-state index in [1.54, 1.807) is 0 Å². The summed E-state index contributed by atoms with van der Waals surface area (Å²) in [6.07, 6.45) is 0. The lowest BCUT2D eigenvalue weighted by atomic mass is 10.1. The number of fused-ring (bicyclic) bond motifs is 1. The van der Waals surface area contributed by atoms with Crippen molar-refractivity contribution in [2.24, 2.45) is 0 Å². The third kappa shape index (κ3) is 1.01. The second-order valence-electron chi connectivity index (χ2n) is 2.65. The first-order valence-corrected chi connectivity index (χ1v) is 4.68. The van der Waals surface area contributed by atoms with Crippen molar-refractivity contribution in [1.29, 1.82) is 0 Å². The minimum absolute atomic E-state index is 0.740. The first-order chi connectivity index (χ1) is 5.29. The van der Waals surface area contributed by atoms with E-state index < -0.39 is 11.0 Å². The van der Waals surface area contributed by atoms with E-state index in [0.29, 0.717) is 0 Å². The lowest BCUT2D eigenvalue weighted by Gasteiger charge is -1.98. The molecule has 0 radical (unpaired) electrons. The van der Waals surface area contributed by atoms with Crippen LogP contribution in [0.1, 0.15) is 11.1 Å². The van der Waals surface area contributed by atoms with Crippen LogP contribution in [-0.2, 0) is 17.5 Å². The summed E-state index contributed by atoms with van der Waals surface area (Å²) in [5.74, 6) is 0. The zero-order chi connectivity index (χ0) is 7.84. The molecule has 0 fully saturated rings. The van der Waals surface area contributed by atoms with Gasteiger partial charge in [-0.15, -0.1) is 0 Å². The monoisotopic (exact) mass is 167 g/mol. The van der Waals surface area contributed by atoms with Gasteiger partial charge in [-0.1, -0.05) is 18.2 Å². The van der Waals surface area contributed by atoms with Crippen LogP contribution < -0.4 is 4.72 Å². The van der Waals surface area contributed by atoms with Crippen LogP contribution in [0.2, 0.25) is 0 Å². The number of nitrogens with one attached hydrogen (secondary N) is 1. The first-order valence-electron chi connectivity index (χ1n) is 3.53. The predicted octanol–water partition coefficient (Wildman–Crippen LogP) is 1.12. The normalized spacial score (nSPS) is 21.7. The molecule has 58 valence electrons. The summed E-state index contributed by atoms with van der Waals surface area (Å²) in [7, 11) is -0.959. The van der Waals surface area contributed by atoms with Gasteiger partial charge in [-0.3, -0.25) is 0 Å². The van der Waals surface area contributed by atoms with E-state index in [1.165, 1.54) is 5.56 Å². The Morgan fingerprint density at radius 3 is 3.09 bits per heavy atom. The molecule has 0 bridgehead atoms.